The molecule has 0 aliphatic rings. The Morgan fingerprint density at radius 2 is 1.75 bits per heavy atom. The molecule has 0 heterocycles. The van der Waals surface area contributed by atoms with Crippen LogP contribution in [0.3, 0.4) is 0 Å². The van der Waals surface area contributed by atoms with E-state index >= 15 is 0 Å². The largest absolute Gasteiger partial charge is 0.494 e. The average molecular weight is 292 g/mol. The predicted molar refractivity (Wildman–Crippen MR) is 83.0 cm³/mol. The summed E-state index contributed by atoms with van der Waals surface area (Å²) in [4.78, 5) is 0. The molecule has 106 valence electrons. The van der Waals surface area contributed by atoms with Crippen molar-refractivity contribution in [1.82, 2.24) is 0 Å². The molecular formula is C16H18ClNO2. The van der Waals surface area contributed by atoms with Crippen LogP contribution in [0.15, 0.2) is 48.5 Å². The van der Waals surface area contributed by atoms with E-state index in [9.17, 15) is 0 Å². The monoisotopic (exact) mass is 291 g/mol. The molecule has 0 aliphatic heterocycles. The number of rotatable bonds is 7. The Morgan fingerprint density at radius 1 is 1.00 bits per heavy atom. The van der Waals surface area contributed by atoms with Crippen molar-refractivity contribution in [2.45, 2.75) is 6.92 Å². The summed E-state index contributed by atoms with van der Waals surface area (Å²) in [6.07, 6.45) is 0. The third-order valence-electron chi connectivity index (χ3n) is 2.64. The van der Waals surface area contributed by atoms with Crippen LogP contribution in [0.25, 0.3) is 0 Å². The summed E-state index contributed by atoms with van der Waals surface area (Å²) in [7, 11) is 0. The zero-order valence-corrected chi connectivity index (χ0v) is 12.2. The average Bonchev–Trinajstić information content (AvgIpc) is 2.45. The second-order valence-corrected chi connectivity index (χ2v) is 4.63. The molecule has 4 heteroatoms. The Hall–Kier alpha value is -1.87. The summed E-state index contributed by atoms with van der Waals surface area (Å²) in [6.45, 7) is 3.89. The number of nitrogens with one attached hydrogen (secondary N) is 1. The van der Waals surface area contributed by atoms with E-state index in [1.54, 1.807) is 0 Å². The fourth-order valence-corrected chi connectivity index (χ4v) is 1.97. The smallest absolute Gasteiger partial charge is 0.123 e. The Bertz CT molecular complexity index is 546. The highest BCUT2D eigenvalue weighted by Crippen LogP contribution is 2.19. The minimum absolute atomic E-state index is 0.572. The first-order valence-electron chi connectivity index (χ1n) is 6.63. The molecule has 0 amide bonds. The van der Waals surface area contributed by atoms with Gasteiger partial charge in [-0.3, -0.25) is 0 Å². The number of anilines is 1. The van der Waals surface area contributed by atoms with Gasteiger partial charge in [0.1, 0.15) is 18.1 Å². The number of hydrogen-bond acceptors (Lipinski definition) is 3. The maximum absolute atomic E-state index is 5.92. The topological polar surface area (TPSA) is 30.5 Å². The third-order valence-corrected chi connectivity index (χ3v) is 2.88. The standard InChI is InChI=1S/C16H18ClNO2/c1-2-19-15-7-4-8-16(12-15)20-10-9-18-14-6-3-5-13(17)11-14/h3-8,11-12,18H,2,9-10H2,1H3. The molecule has 0 spiro atoms. The number of halogens is 1. The molecule has 2 aromatic rings. The van der Waals surface area contributed by atoms with E-state index in [4.69, 9.17) is 21.1 Å². The van der Waals surface area contributed by atoms with E-state index in [2.05, 4.69) is 5.32 Å². The molecule has 2 rings (SSSR count). The lowest BCUT2D eigenvalue weighted by Gasteiger charge is -2.10. The van der Waals surface area contributed by atoms with Crippen molar-refractivity contribution in [1.29, 1.82) is 0 Å². The molecule has 0 saturated carbocycles. The minimum Gasteiger partial charge on any atom is -0.494 e. The zero-order chi connectivity index (χ0) is 14.2. The highest BCUT2D eigenvalue weighted by molar-refractivity contribution is 6.30. The lowest BCUT2D eigenvalue weighted by molar-refractivity contribution is 0.319. The Kier molecular flexibility index (Phi) is 5.56. The Balaban J connectivity index is 1.77. The quantitative estimate of drug-likeness (QED) is 0.774. The van der Waals surface area contributed by atoms with Gasteiger partial charge in [-0.25, -0.2) is 0 Å². The first-order chi connectivity index (χ1) is 9.78. The van der Waals surface area contributed by atoms with Crippen molar-refractivity contribution in [3.05, 3.63) is 53.6 Å². The highest BCUT2D eigenvalue weighted by Gasteiger charge is 1.98. The maximum Gasteiger partial charge on any atom is 0.123 e. The van der Waals surface area contributed by atoms with Crippen molar-refractivity contribution in [3.8, 4) is 11.5 Å². The highest BCUT2D eigenvalue weighted by atomic mass is 35.5. The van der Waals surface area contributed by atoms with Gasteiger partial charge in [-0.15, -0.1) is 0 Å². The number of benzene rings is 2. The molecule has 0 atom stereocenters. The van der Waals surface area contributed by atoms with Gasteiger partial charge in [0.2, 0.25) is 0 Å². The normalized spacial score (nSPS) is 10.1. The molecule has 2 aromatic carbocycles. The molecule has 20 heavy (non-hydrogen) atoms. The first kappa shape index (κ1) is 14.5. The van der Waals surface area contributed by atoms with Crippen molar-refractivity contribution in [2.75, 3.05) is 25.1 Å². The summed E-state index contributed by atoms with van der Waals surface area (Å²) in [5.74, 6) is 1.64. The van der Waals surface area contributed by atoms with Crippen LogP contribution in [0.4, 0.5) is 5.69 Å². The second-order valence-electron chi connectivity index (χ2n) is 4.19. The molecule has 0 unspecified atom stereocenters. The van der Waals surface area contributed by atoms with Gasteiger partial charge in [-0.1, -0.05) is 23.7 Å². The summed E-state index contributed by atoms with van der Waals surface area (Å²) in [6, 6.07) is 15.3. The van der Waals surface area contributed by atoms with Crippen molar-refractivity contribution < 1.29 is 9.47 Å². The molecule has 0 saturated heterocycles. The van der Waals surface area contributed by atoms with Crippen LogP contribution in [0, 0.1) is 0 Å². The van der Waals surface area contributed by atoms with E-state index in [-0.39, 0.29) is 0 Å². The fraction of sp³-hybridized carbons (Fsp3) is 0.250. The van der Waals surface area contributed by atoms with Gasteiger partial charge in [0.25, 0.3) is 0 Å². The minimum atomic E-state index is 0.572. The van der Waals surface area contributed by atoms with Crippen LogP contribution in [0.5, 0.6) is 11.5 Å². The van der Waals surface area contributed by atoms with Crippen LogP contribution in [-0.4, -0.2) is 19.8 Å². The van der Waals surface area contributed by atoms with Gasteiger partial charge in [0.05, 0.1) is 6.61 Å². The van der Waals surface area contributed by atoms with Crippen LogP contribution < -0.4 is 14.8 Å². The fourth-order valence-electron chi connectivity index (χ4n) is 1.78. The van der Waals surface area contributed by atoms with Gasteiger partial charge < -0.3 is 14.8 Å². The molecule has 0 aliphatic carbocycles. The van der Waals surface area contributed by atoms with E-state index in [1.165, 1.54) is 0 Å². The van der Waals surface area contributed by atoms with Crippen molar-refractivity contribution >= 4 is 17.3 Å². The summed E-state index contributed by atoms with van der Waals surface area (Å²) in [5, 5.41) is 3.98. The molecule has 3 nitrogen and oxygen atoms in total. The summed E-state index contributed by atoms with van der Waals surface area (Å²) >= 11 is 5.92. The predicted octanol–water partition coefficient (Wildman–Crippen LogP) is 4.23. The molecule has 0 radical (unpaired) electrons. The Labute approximate surface area is 124 Å². The zero-order valence-electron chi connectivity index (χ0n) is 11.4. The van der Waals surface area contributed by atoms with Crippen LogP contribution in [-0.2, 0) is 0 Å². The van der Waals surface area contributed by atoms with Crippen LogP contribution in [0.2, 0.25) is 5.02 Å². The van der Waals surface area contributed by atoms with E-state index in [0.717, 1.165) is 22.2 Å². The number of hydrogen-bond donors (Lipinski definition) is 1. The van der Waals surface area contributed by atoms with Crippen molar-refractivity contribution in [2.24, 2.45) is 0 Å². The van der Waals surface area contributed by atoms with E-state index in [1.807, 2.05) is 55.5 Å². The Morgan fingerprint density at radius 3 is 2.50 bits per heavy atom. The second kappa shape index (κ2) is 7.65. The van der Waals surface area contributed by atoms with Crippen LogP contribution in [0.1, 0.15) is 6.92 Å². The summed E-state index contributed by atoms with van der Waals surface area (Å²) in [5.41, 5.74) is 0.990. The van der Waals surface area contributed by atoms with Crippen LogP contribution >= 0.6 is 11.6 Å². The molecule has 0 bridgehead atoms. The lowest BCUT2D eigenvalue weighted by Crippen LogP contribution is -2.11. The lowest BCUT2D eigenvalue weighted by atomic mass is 10.3. The third kappa shape index (κ3) is 4.67. The first-order valence-corrected chi connectivity index (χ1v) is 7.01. The van der Waals surface area contributed by atoms with E-state index < -0.39 is 0 Å². The number of ether oxygens (including phenoxy) is 2. The summed E-state index contributed by atoms with van der Waals surface area (Å²) < 4.78 is 11.1. The van der Waals surface area contributed by atoms with Crippen molar-refractivity contribution in [3.63, 3.8) is 0 Å². The van der Waals surface area contributed by atoms with Gasteiger partial charge in [-0.05, 0) is 37.3 Å². The van der Waals surface area contributed by atoms with Gasteiger partial charge >= 0.3 is 0 Å². The van der Waals surface area contributed by atoms with Gasteiger partial charge in [-0.2, -0.15) is 0 Å². The molecule has 0 fully saturated rings. The molecular weight excluding hydrogens is 274 g/mol. The van der Waals surface area contributed by atoms with Gasteiger partial charge in [0.15, 0.2) is 0 Å². The maximum atomic E-state index is 5.92. The SMILES string of the molecule is CCOc1cccc(OCCNc2cccc(Cl)c2)c1. The van der Waals surface area contributed by atoms with E-state index in [0.29, 0.717) is 19.8 Å². The van der Waals surface area contributed by atoms with Gasteiger partial charge in [0, 0.05) is 23.3 Å². The molecule has 1 N–H and O–H groups in total. The molecule has 0 aromatic heterocycles.